The number of halogens is 1. The number of hydrogen-bond acceptors (Lipinski definition) is 2. The Bertz CT molecular complexity index is 446. The second-order valence-electron chi connectivity index (χ2n) is 5.07. The van der Waals surface area contributed by atoms with Gasteiger partial charge in [0.25, 0.3) is 0 Å². The average molecular weight is 281 g/mol. The minimum Gasteiger partial charge on any atom is -0.339 e. The van der Waals surface area contributed by atoms with Gasteiger partial charge in [0.1, 0.15) is 0 Å². The molecule has 0 heterocycles. The van der Waals surface area contributed by atoms with Gasteiger partial charge in [-0.15, -0.1) is 0 Å². The number of hydrogen-bond donors (Lipinski definition) is 1. The van der Waals surface area contributed by atoms with E-state index in [1.54, 1.807) is 0 Å². The third-order valence-electron chi connectivity index (χ3n) is 3.56. The van der Waals surface area contributed by atoms with E-state index in [2.05, 4.69) is 5.32 Å². The first-order valence-electron chi connectivity index (χ1n) is 6.90. The first-order chi connectivity index (χ1) is 9.11. The van der Waals surface area contributed by atoms with Crippen molar-refractivity contribution < 1.29 is 4.79 Å². The Morgan fingerprint density at radius 3 is 2.84 bits per heavy atom. The highest BCUT2D eigenvalue weighted by atomic mass is 35.5. The monoisotopic (exact) mass is 280 g/mol. The van der Waals surface area contributed by atoms with Crippen molar-refractivity contribution in [2.24, 2.45) is 0 Å². The molecular weight excluding hydrogens is 260 g/mol. The topological polar surface area (TPSA) is 32.3 Å². The van der Waals surface area contributed by atoms with Gasteiger partial charge in [-0.1, -0.05) is 23.7 Å². The maximum atomic E-state index is 12.1. The van der Waals surface area contributed by atoms with Gasteiger partial charge in [-0.25, -0.2) is 0 Å². The lowest BCUT2D eigenvalue weighted by atomic mass is 10.1. The van der Waals surface area contributed by atoms with Crippen LogP contribution in [0.2, 0.25) is 5.02 Å². The van der Waals surface area contributed by atoms with Crippen molar-refractivity contribution >= 4 is 17.5 Å². The summed E-state index contributed by atoms with van der Waals surface area (Å²) in [6.07, 6.45) is 2.31. The zero-order valence-electron chi connectivity index (χ0n) is 11.5. The van der Waals surface area contributed by atoms with Crippen molar-refractivity contribution in [1.29, 1.82) is 0 Å². The molecule has 1 fully saturated rings. The van der Waals surface area contributed by atoms with Crippen molar-refractivity contribution in [2.75, 3.05) is 13.1 Å². The Balaban J connectivity index is 1.85. The molecule has 3 nitrogen and oxygen atoms in total. The van der Waals surface area contributed by atoms with Crippen LogP contribution in [-0.2, 0) is 4.79 Å². The zero-order chi connectivity index (χ0) is 13.8. The van der Waals surface area contributed by atoms with Crippen LogP contribution < -0.4 is 5.32 Å². The number of carbonyl (C=O) groups is 1. The molecule has 0 unspecified atom stereocenters. The third-order valence-corrected chi connectivity index (χ3v) is 3.79. The standard InChI is InChI=1S/C15H21ClN2O/c1-3-18(14-7-8-14)15(19)10-17-11(2)12-5-4-6-13(16)9-12/h4-6,9,11,14,17H,3,7-8,10H2,1-2H3/t11-/m0/s1. The number of rotatable bonds is 6. The van der Waals surface area contributed by atoms with Crippen LogP contribution in [-0.4, -0.2) is 29.9 Å². The first-order valence-corrected chi connectivity index (χ1v) is 7.28. The maximum absolute atomic E-state index is 12.1. The quantitative estimate of drug-likeness (QED) is 0.869. The van der Waals surface area contributed by atoms with Gasteiger partial charge in [0.05, 0.1) is 6.54 Å². The number of nitrogens with one attached hydrogen (secondary N) is 1. The molecular formula is C15H21ClN2O. The normalized spacial score (nSPS) is 16.2. The molecule has 0 aromatic heterocycles. The summed E-state index contributed by atoms with van der Waals surface area (Å²) < 4.78 is 0. The van der Waals surface area contributed by atoms with Crippen molar-refractivity contribution in [3.63, 3.8) is 0 Å². The van der Waals surface area contributed by atoms with Crippen molar-refractivity contribution in [3.8, 4) is 0 Å². The fourth-order valence-electron chi connectivity index (χ4n) is 2.26. The summed E-state index contributed by atoms with van der Waals surface area (Å²) in [7, 11) is 0. The van der Waals surface area contributed by atoms with E-state index in [4.69, 9.17) is 11.6 Å². The van der Waals surface area contributed by atoms with Gasteiger partial charge >= 0.3 is 0 Å². The van der Waals surface area contributed by atoms with Crippen LogP contribution in [0.25, 0.3) is 0 Å². The highest BCUT2D eigenvalue weighted by Gasteiger charge is 2.31. The molecule has 1 saturated carbocycles. The molecule has 0 aliphatic heterocycles. The Hall–Kier alpha value is -1.06. The van der Waals surface area contributed by atoms with Gasteiger partial charge in [0.2, 0.25) is 5.91 Å². The smallest absolute Gasteiger partial charge is 0.236 e. The van der Waals surface area contributed by atoms with E-state index in [0.29, 0.717) is 12.6 Å². The van der Waals surface area contributed by atoms with Gasteiger partial charge in [0, 0.05) is 23.7 Å². The summed E-state index contributed by atoms with van der Waals surface area (Å²) in [5, 5.41) is 4.00. The van der Waals surface area contributed by atoms with Gasteiger partial charge in [0.15, 0.2) is 0 Å². The lowest BCUT2D eigenvalue weighted by Gasteiger charge is -2.22. The summed E-state index contributed by atoms with van der Waals surface area (Å²) in [6, 6.07) is 8.35. The zero-order valence-corrected chi connectivity index (χ0v) is 12.3. The van der Waals surface area contributed by atoms with Crippen molar-refractivity contribution in [2.45, 2.75) is 38.8 Å². The molecule has 1 atom stereocenters. The number of nitrogens with zero attached hydrogens (tertiary/aromatic N) is 1. The van der Waals surface area contributed by atoms with Gasteiger partial charge in [-0.2, -0.15) is 0 Å². The summed E-state index contributed by atoms with van der Waals surface area (Å²) in [5.41, 5.74) is 1.11. The summed E-state index contributed by atoms with van der Waals surface area (Å²) in [4.78, 5) is 14.1. The molecule has 1 amide bonds. The molecule has 1 aliphatic carbocycles. The van der Waals surface area contributed by atoms with E-state index in [0.717, 1.165) is 30.0 Å². The fraction of sp³-hybridized carbons (Fsp3) is 0.533. The predicted molar refractivity (Wildman–Crippen MR) is 78.3 cm³/mol. The average Bonchev–Trinajstić information content (AvgIpc) is 3.21. The van der Waals surface area contributed by atoms with E-state index in [9.17, 15) is 4.79 Å². The van der Waals surface area contributed by atoms with E-state index >= 15 is 0 Å². The lowest BCUT2D eigenvalue weighted by molar-refractivity contribution is -0.130. The number of likely N-dealkylation sites (N-methyl/N-ethyl adjacent to an activating group) is 1. The van der Waals surface area contributed by atoms with E-state index < -0.39 is 0 Å². The number of benzene rings is 1. The van der Waals surface area contributed by atoms with Crippen LogP contribution in [0.4, 0.5) is 0 Å². The first kappa shape index (κ1) is 14.4. The van der Waals surface area contributed by atoms with Crippen LogP contribution in [0.5, 0.6) is 0 Å². The SMILES string of the molecule is CCN(C(=O)CN[C@@H](C)c1cccc(Cl)c1)C1CC1. The Kier molecular flexibility index (Phi) is 4.83. The minimum absolute atomic E-state index is 0.126. The molecule has 2 rings (SSSR count). The Morgan fingerprint density at radius 2 is 2.26 bits per heavy atom. The molecule has 1 aromatic rings. The molecule has 0 saturated heterocycles. The maximum Gasteiger partial charge on any atom is 0.236 e. The molecule has 0 bridgehead atoms. The molecule has 0 radical (unpaired) electrons. The summed E-state index contributed by atoms with van der Waals surface area (Å²) >= 11 is 5.97. The van der Waals surface area contributed by atoms with Crippen LogP contribution in [0.3, 0.4) is 0 Å². The second kappa shape index (κ2) is 6.40. The van der Waals surface area contributed by atoms with Crippen LogP contribution in [0, 0.1) is 0 Å². The molecule has 1 aliphatic rings. The summed E-state index contributed by atoms with van der Waals surface area (Å²) in [5.74, 6) is 0.193. The highest BCUT2D eigenvalue weighted by Crippen LogP contribution is 2.26. The van der Waals surface area contributed by atoms with Crippen LogP contribution in [0.1, 0.15) is 38.3 Å². The van der Waals surface area contributed by atoms with Crippen molar-refractivity contribution in [3.05, 3.63) is 34.9 Å². The van der Waals surface area contributed by atoms with E-state index in [1.807, 2.05) is 43.0 Å². The van der Waals surface area contributed by atoms with Gasteiger partial charge in [-0.05, 0) is 44.4 Å². The second-order valence-corrected chi connectivity index (χ2v) is 5.50. The van der Waals surface area contributed by atoms with Gasteiger partial charge < -0.3 is 10.2 Å². The van der Waals surface area contributed by atoms with Crippen molar-refractivity contribution in [1.82, 2.24) is 10.2 Å². The predicted octanol–water partition coefficient (Wildman–Crippen LogP) is 3.00. The molecule has 104 valence electrons. The molecule has 1 N–H and O–H groups in total. The largest absolute Gasteiger partial charge is 0.339 e. The van der Waals surface area contributed by atoms with Crippen LogP contribution >= 0.6 is 11.6 Å². The van der Waals surface area contributed by atoms with E-state index in [1.165, 1.54) is 0 Å². The Labute approximate surface area is 119 Å². The van der Waals surface area contributed by atoms with Gasteiger partial charge in [-0.3, -0.25) is 4.79 Å². The lowest BCUT2D eigenvalue weighted by Crippen LogP contribution is -2.40. The third kappa shape index (κ3) is 3.95. The van der Waals surface area contributed by atoms with Crippen LogP contribution in [0.15, 0.2) is 24.3 Å². The highest BCUT2D eigenvalue weighted by molar-refractivity contribution is 6.30. The molecule has 0 spiro atoms. The number of carbonyl (C=O) groups excluding carboxylic acids is 1. The molecule has 4 heteroatoms. The van der Waals surface area contributed by atoms with E-state index in [-0.39, 0.29) is 11.9 Å². The summed E-state index contributed by atoms with van der Waals surface area (Å²) in [6.45, 7) is 5.28. The Morgan fingerprint density at radius 1 is 1.53 bits per heavy atom. The minimum atomic E-state index is 0.126. The fourth-order valence-corrected chi connectivity index (χ4v) is 2.46. The molecule has 19 heavy (non-hydrogen) atoms. The number of amides is 1. The molecule has 1 aromatic carbocycles.